The minimum atomic E-state index is -0.0940. The van der Waals surface area contributed by atoms with Gasteiger partial charge in [0.25, 0.3) is 5.91 Å². The number of amidine groups is 1. The summed E-state index contributed by atoms with van der Waals surface area (Å²) in [5.74, 6) is -0.0940. The van der Waals surface area contributed by atoms with Crippen LogP contribution in [0.2, 0.25) is 0 Å². The number of nitrogens with one attached hydrogen (secondary N) is 1. The summed E-state index contributed by atoms with van der Waals surface area (Å²) in [5.41, 5.74) is 4.44. The normalized spacial score (nSPS) is 17.5. The van der Waals surface area contributed by atoms with Gasteiger partial charge in [-0.05, 0) is 59.5 Å². The molecule has 0 atom stereocenters. The standard InChI is InChI=1S/C20H20N2OS/c1-3-14-5-7-16(8-6-14)13-18-19(23)22-20(24-18)21-17-11-9-15(4-2)10-12-17/h5-13H,3-4H2,1-2H3,(H,21,22,23). The number of aryl methyl sites for hydroxylation is 2. The van der Waals surface area contributed by atoms with Crippen LogP contribution in [0.4, 0.5) is 5.69 Å². The van der Waals surface area contributed by atoms with E-state index in [0.29, 0.717) is 10.1 Å². The second-order valence-electron chi connectivity index (χ2n) is 5.60. The smallest absolute Gasteiger partial charge is 0.264 e. The number of nitrogens with zero attached hydrogens (tertiary/aromatic N) is 1. The number of carbonyl (C=O) groups excluding carboxylic acids is 1. The van der Waals surface area contributed by atoms with E-state index < -0.39 is 0 Å². The second kappa shape index (κ2) is 7.49. The van der Waals surface area contributed by atoms with Gasteiger partial charge < -0.3 is 5.32 Å². The number of hydrogen-bond acceptors (Lipinski definition) is 3. The van der Waals surface area contributed by atoms with Gasteiger partial charge in [0.2, 0.25) is 0 Å². The number of rotatable bonds is 4. The minimum absolute atomic E-state index is 0.0940. The zero-order chi connectivity index (χ0) is 16.9. The molecule has 1 amide bonds. The summed E-state index contributed by atoms with van der Waals surface area (Å²) >= 11 is 1.38. The average Bonchev–Trinajstić information content (AvgIpc) is 2.95. The highest BCUT2D eigenvalue weighted by Crippen LogP contribution is 2.28. The third-order valence-corrected chi connectivity index (χ3v) is 4.82. The Kier molecular flexibility index (Phi) is 5.16. The van der Waals surface area contributed by atoms with E-state index in [1.54, 1.807) is 0 Å². The fourth-order valence-electron chi connectivity index (χ4n) is 2.40. The number of aliphatic imine (C=N–C) groups is 1. The number of carbonyl (C=O) groups is 1. The first kappa shape index (κ1) is 16.5. The van der Waals surface area contributed by atoms with Gasteiger partial charge in [-0.15, -0.1) is 0 Å². The molecule has 24 heavy (non-hydrogen) atoms. The number of amides is 1. The van der Waals surface area contributed by atoms with Crippen molar-refractivity contribution in [3.63, 3.8) is 0 Å². The van der Waals surface area contributed by atoms with Crippen LogP contribution in [0.5, 0.6) is 0 Å². The Hall–Kier alpha value is -2.33. The largest absolute Gasteiger partial charge is 0.300 e. The fourth-order valence-corrected chi connectivity index (χ4v) is 3.25. The predicted molar refractivity (Wildman–Crippen MR) is 102 cm³/mol. The summed E-state index contributed by atoms with van der Waals surface area (Å²) in [6.07, 6.45) is 3.92. The van der Waals surface area contributed by atoms with Crippen molar-refractivity contribution in [1.82, 2.24) is 5.32 Å². The molecule has 0 radical (unpaired) electrons. The van der Waals surface area contributed by atoms with Gasteiger partial charge in [0.1, 0.15) is 0 Å². The molecule has 1 saturated heterocycles. The summed E-state index contributed by atoms with van der Waals surface area (Å²) in [4.78, 5) is 17.3. The van der Waals surface area contributed by atoms with Gasteiger partial charge >= 0.3 is 0 Å². The quantitative estimate of drug-likeness (QED) is 0.822. The van der Waals surface area contributed by atoms with E-state index in [9.17, 15) is 4.79 Å². The van der Waals surface area contributed by atoms with Crippen molar-refractivity contribution >= 4 is 34.6 Å². The molecular formula is C20H20N2OS. The van der Waals surface area contributed by atoms with Crippen molar-refractivity contribution in [3.8, 4) is 0 Å². The molecule has 3 rings (SSSR count). The molecule has 2 aromatic carbocycles. The van der Waals surface area contributed by atoms with Crippen LogP contribution >= 0.6 is 11.8 Å². The number of benzene rings is 2. The Morgan fingerprint density at radius 1 is 0.958 bits per heavy atom. The van der Waals surface area contributed by atoms with Gasteiger partial charge in [0, 0.05) is 0 Å². The molecule has 0 spiro atoms. The first-order valence-electron chi connectivity index (χ1n) is 8.15. The maximum Gasteiger partial charge on any atom is 0.264 e. The van der Waals surface area contributed by atoms with Crippen LogP contribution in [0.15, 0.2) is 58.4 Å². The molecule has 0 aromatic heterocycles. The van der Waals surface area contributed by atoms with Crippen molar-refractivity contribution in [2.75, 3.05) is 0 Å². The van der Waals surface area contributed by atoms with Crippen molar-refractivity contribution in [3.05, 3.63) is 70.1 Å². The molecule has 0 aliphatic carbocycles. The maximum absolute atomic E-state index is 12.1. The molecule has 1 fully saturated rings. The van der Waals surface area contributed by atoms with Crippen molar-refractivity contribution in [2.24, 2.45) is 4.99 Å². The Morgan fingerprint density at radius 3 is 2.12 bits per heavy atom. The molecule has 2 aromatic rings. The van der Waals surface area contributed by atoms with E-state index in [4.69, 9.17) is 0 Å². The van der Waals surface area contributed by atoms with Crippen molar-refractivity contribution in [2.45, 2.75) is 26.7 Å². The van der Waals surface area contributed by atoms with Gasteiger partial charge in [0.15, 0.2) is 5.17 Å². The first-order chi connectivity index (χ1) is 11.7. The monoisotopic (exact) mass is 336 g/mol. The van der Waals surface area contributed by atoms with Crippen LogP contribution in [0.1, 0.15) is 30.5 Å². The molecule has 0 unspecified atom stereocenters. The molecular weight excluding hydrogens is 316 g/mol. The van der Waals surface area contributed by atoms with Crippen LogP contribution in [-0.2, 0) is 17.6 Å². The van der Waals surface area contributed by atoms with Crippen LogP contribution in [0.25, 0.3) is 6.08 Å². The van der Waals surface area contributed by atoms with Crippen molar-refractivity contribution in [1.29, 1.82) is 0 Å². The van der Waals surface area contributed by atoms with Gasteiger partial charge in [-0.25, -0.2) is 4.99 Å². The molecule has 1 aliphatic heterocycles. The molecule has 4 heteroatoms. The van der Waals surface area contributed by atoms with Gasteiger partial charge in [-0.3, -0.25) is 4.79 Å². The molecule has 0 saturated carbocycles. The Morgan fingerprint density at radius 2 is 1.54 bits per heavy atom. The van der Waals surface area contributed by atoms with E-state index in [0.717, 1.165) is 24.1 Å². The van der Waals surface area contributed by atoms with E-state index in [-0.39, 0.29) is 5.91 Å². The summed E-state index contributed by atoms with van der Waals surface area (Å²) < 4.78 is 0. The van der Waals surface area contributed by atoms with E-state index >= 15 is 0 Å². The lowest BCUT2D eigenvalue weighted by atomic mass is 10.1. The maximum atomic E-state index is 12.1. The van der Waals surface area contributed by atoms with Gasteiger partial charge in [-0.1, -0.05) is 50.2 Å². The Balaban J connectivity index is 1.76. The number of hydrogen-bond donors (Lipinski definition) is 1. The Labute approximate surface area is 146 Å². The lowest BCUT2D eigenvalue weighted by molar-refractivity contribution is -0.115. The zero-order valence-corrected chi connectivity index (χ0v) is 14.7. The topological polar surface area (TPSA) is 41.5 Å². The van der Waals surface area contributed by atoms with Crippen LogP contribution in [0, 0.1) is 0 Å². The molecule has 122 valence electrons. The second-order valence-corrected chi connectivity index (χ2v) is 6.63. The fraction of sp³-hybridized carbons (Fsp3) is 0.200. The van der Waals surface area contributed by atoms with Gasteiger partial charge in [0.05, 0.1) is 10.6 Å². The highest BCUT2D eigenvalue weighted by atomic mass is 32.2. The zero-order valence-electron chi connectivity index (χ0n) is 13.9. The highest BCUT2D eigenvalue weighted by molar-refractivity contribution is 8.18. The van der Waals surface area contributed by atoms with Crippen LogP contribution in [0.3, 0.4) is 0 Å². The summed E-state index contributed by atoms with van der Waals surface area (Å²) in [6, 6.07) is 16.3. The highest BCUT2D eigenvalue weighted by Gasteiger charge is 2.23. The summed E-state index contributed by atoms with van der Waals surface area (Å²) in [7, 11) is 0. The third-order valence-electron chi connectivity index (χ3n) is 3.91. The summed E-state index contributed by atoms with van der Waals surface area (Å²) in [6.45, 7) is 4.25. The lowest BCUT2D eigenvalue weighted by Crippen LogP contribution is -2.19. The van der Waals surface area contributed by atoms with E-state index in [1.807, 2.05) is 30.3 Å². The number of thioether (sulfide) groups is 1. The molecule has 0 bridgehead atoms. The van der Waals surface area contributed by atoms with Crippen LogP contribution < -0.4 is 5.32 Å². The van der Waals surface area contributed by atoms with E-state index in [2.05, 4.69) is 48.4 Å². The SMILES string of the molecule is CCc1ccc(C=C2SC(=Nc3ccc(CC)cc3)NC2=O)cc1. The molecule has 1 N–H and O–H groups in total. The van der Waals surface area contributed by atoms with E-state index in [1.165, 1.54) is 22.9 Å². The first-order valence-corrected chi connectivity index (χ1v) is 8.97. The summed E-state index contributed by atoms with van der Waals surface area (Å²) in [5, 5.41) is 3.46. The molecule has 1 aliphatic rings. The van der Waals surface area contributed by atoms with Crippen LogP contribution in [-0.4, -0.2) is 11.1 Å². The predicted octanol–water partition coefficient (Wildman–Crippen LogP) is 4.70. The average molecular weight is 336 g/mol. The third kappa shape index (κ3) is 3.95. The Bertz CT molecular complexity index is 789. The van der Waals surface area contributed by atoms with Crippen molar-refractivity contribution < 1.29 is 4.79 Å². The molecule has 1 heterocycles. The minimum Gasteiger partial charge on any atom is -0.300 e. The lowest BCUT2D eigenvalue weighted by Gasteiger charge is -1.99. The molecule has 3 nitrogen and oxygen atoms in total. The van der Waals surface area contributed by atoms with Gasteiger partial charge in [-0.2, -0.15) is 0 Å².